The molecule has 0 atom stereocenters. The van der Waals surface area contributed by atoms with Crippen LogP contribution in [0.25, 0.3) is 5.65 Å². The highest BCUT2D eigenvalue weighted by molar-refractivity contribution is 5.94. The molecule has 0 unspecified atom stereocenters. The molecule has 0 aliphatic carbocycles. The van der Waals surface area contributed by atoms with Gasteiger partial charge in [-0.1, -0.05) is 0 Å². The van der Waals surface area contributed by atoms with Crippen LogP contribution in [0.1, 0.15) is 10.4 Å². The maximum absolute atomic E-state index is 12.2. The van der Waals surface area contributed by atoms with Gasteiger partial charge in [0, 0.05) is 31.7 Å². The highest BCUT2D eigenvalue weighted by atomic mass is 16.5. The highest BCUT2D eigenvalue weighted by Crippen LogP contribution is 2.09. The second-order valence-corrected chi connectivity index (χ2v) is 4.02. The van der Waals surface area contributed by atoms with Gasteiger partial charge in [0.15, 0.2) is 0 Å². The van der Waals surface area contributed by atoms with Crippen LogP contribution in [0.3, 0.4) is 0 Å². The van der Waals surface area contributed by atoms with Crippen molar-refractivity contribution in [2.45, 2.75) is 0 Å². The van der Waals surface area contributed by atoms with Crippen molar-refractivity contribution in [2.75, 3.05) is 26.3 Å². The molecule has 3 rings (SSSR count). The average molecular weight is 231 g/mol. The van der Waals surface area contributed by atoms with Crippen molar-refractivity contribution in [3.05, 3.63) is 36.3 Å². The van der Waals surface area contributed by atoms with Gasteiger partial charge >= 0.3 is 0 Å². The van der Waals surface area contributed by atoms with Crippen molar-refractivity contribution in [1.82, 2.24) is 14.3 Å². The largest absolute Gasteiger partial charge is 0.378 e. The molecular weight excluding hydrogens is 218 g/mol. The third-order valence-electron chi connectivity index (χ3n) is 2.93. The Morgan fingerprint density at radius 3 is 2.94 bits per heavy atom. The first-order chi connectivity index (χ1) is 8.34. The number of ether oxygens (including phenoxy) is 1. The minimum atomic E-state index is 0.0592. The van der Waals surface area contributed by atoms with E-state index in [2.05, 4.69) is 4.98 Å². The molecule has 0 spiro atoms. The maximum Gasteiger partial charge on any atom is 0.255 e. The van der Waals surface area contributed by atoms with Crippen molar-refractivity contribution in [3.63, 3.8) is 0 Å². The van der Waals surface area contributed by atoms with Crippen LogP contribution in [0.2, 0.25) is 0 Å². The molecule has 0 saturated carbocycles. The zero-order valence-corrected chi connectivity index (χ0v) is 9.37. The molecule has 0 bridgehead atoms. The standard InChI is InChI=1S/C12H13N3O2/c16-12(14-5-7-17-8-6-14)10-1-2-11-13-3-4-15(11)9-10/h1-4,9H,5-8H2. The van der Waals surface area contributed by atoms with E-state index in [4.69, 9.17) is 4.74 Å². The van der Waals surface area contributed by atoms with Gasteiger partial charge in [-0.2, -0.15) is 0 Å². The lowest BCUT2D eigenvalue weighted by Crippen LogP contribution is -2.40. The first-order valence-corrected chi connectivity index (χ1v) is 5.64. The molecule has 2 aromatic heterocycles. The van der Waals surface area contributed by atoms with E-state index in [-0.39, 0.29) is 5.91 Å². The summed E-state index contributed by atoms with van der Waals surface area (Å²) in [6.45, 7) is 2.58. The Kier molecular flexibility index (Phi) is 2.53. The molecule has 3 heterocycles. The third kappa shape index (κ3) is 1.89. The SMILES string of the molecule is O=C(c1ccc2nccn2c1)N1CCOCC1. The summed E-state index contributed by atoms with van der Waals surface area (Å²) in [5, 5.41) is 0. The number of imidazole rings is 1. The molecule has 17 heavy (non-hydrogen) atoms. The molecule has 88 valence electrons. The molecule has 5 nitrogen and oxygen atoms in total. The van der Waals surface area contributed by atoms with Gasteiger partial charge in [0.1, 0.15) is 5.65 Å². The van der Waals surface area contributed by atoms with E-state index in [0.29, 0.717) is 31.9 Å². The van der Waals surface area contributed by atoms with Crippen molar-refractivity contribution < 1.29 is 9.53 Å². The van der Waals surface area contributed by atoms with Crippen LogP contribution in [-0.2, 0) is 4.74 Å². The zero-order valence-electron chi connectivity index (χ0n) is 9.37. The summed E-state index contributed by atoms with van der Waals surface area (Å²) in [5.41, 5.74) is 1.54. The van der Waals surface area contributed by atoms with E-state index in [1.807, 2.05) is 33.8 Å². The van der Waals surface area contributed by atoms with E-state index < -0.39 is 0 Å². The number of pyridine rings is 1. The predicted octanol–water partition coefficient (Wildman–Crippen LogP) is 0.807. The second-order valence-electron chi connectivity index (χ2n) is 4.02. The summed E-state index contributed by atoms with van der Waals surface area (Å²) in [5.74, 6) is 0.0592. The average Bonchev–Trinajstić information content (AvgIpc) is 2.86. The minimum Gasteiger partial charge on any atom is -0.378 e. The van der Waals surface area contributed by atoms with Gasteiger partial charge in [0.05, 0.1) is 18.8 Å². The maximum atomic E-state index is 12.2. The molecule has 1 fully saturated rings. The molecule has 2 aromatic rings. The fraction of sp³-hybridized carbons (Fsp3) is 0.333. The monoisotopic (exact) mass is 231 g/mol. The lowest BCUT2D eigenvalue weighted by molar-refractivity contribution is 0.0302. The Hall–Kier alpha value is -1.88. The number of carbonyl (C=O) groups is 1. The highest BCUT2D eigenvalue weighted by Gasteiger charge is 2.18. The van der Waals surface area contributed by atoms with Gasteiger partial charge in [-0.25, -0.2) is 4.98 Å². The van der Waals surface area contributed by atoms with Gasteiger partial charge in [-0.05, 0) is 12.1 Å². The van der Waals surface area contributed by atoms with Crippen LogP contribution in [0.15, 0.2) is 30.7 Å². The van der Waals surface area contributed by atoms with E-state index in [0.717, 1.165) is 5.65 Å². The van der Waals surface area contributed by atoms with Crippen LogP contribution in [0.5, 0.6) is 0 Å². The zero-order chi connectivity index (χ0) is 11.7. The molecular formula is C12H13N3O2. The molecule has 0 aromatic carbocycles. The first kappa shape index (κ1) is 10.3. The topological polar surface area (TPSA) is 46.8 Å². The van der Waals surface area contributed by atoms with Gasteiger partial charge in [-0.15, -0.1) is 0 Å². The first-order valence-electron chi connectivity index (χ1n) is 5.64. The molecule has 5 heteroatoms. The molecule has 1 saturated heterocycles. The van der Waals surface area contributed by atoms with Crippen molar-refractivity contribution in [3.8, 4) is 0 Å². The Labute approximate surface area is 98.6 Å². The van der Waals surface area contributed by atoms with Crippen LogP contribution in [0, 0.1) is 0 Å². The molecule has 0 N–H and O–H groups in total. The number of amides is 1. The van der Waals surface area contributed by atoms with Crippen molar-refractivity contribution >= 4 is 11.6 Å². The molecule has 1 aliphatic rings. The lowest BCUT2D eigenvalue weighted by atomic mass is 10.2. The predicted molar refractivity (Wildman–Crippen MR) is 61.9 cm³/mol. The summed E-state index contributed by atoms with van der Waals surface area (Å²) in [6.07, 6.45) is 5.38. The van der Waals surface area contributed by atoms with E-state index in [1.54, 1.807) is 6.20 Å². The van der Waals surface area contributed by atoms with Crippen LogP contribution in [0.4, 0.5) is 0 Å². The Balaban J connectivity index is 1.88. The molecule has 1 aliphatic heterocycles. The molecule has 1 amide bonds. The summed E-state index contributed by atoms with van der Waals surface area (Å²) < 4.78 is 7.09. The summed E-state index contributed by atoms with van der Waals surface area (Å²) in [7, 11) is 0. The van der Waals surface area contributed by atoms with E-state index in [1.165, 1.54) is 0 Å². The fourth-order valence-electron chi connectivity index (χ4n) is 2.00. The van der Waals surface area contributed by atoms with Crippen LogP contribution >= 0.6 is 0 Å². The minimum absolute atomic E-state index is 0.0592. The van der Waals surface area contributed by atoms with Gasteiger partial charge in [0.25, 0.3) is 5.91 Å². The molecule has 0 radical (unpaired) electrons. The lowest BCUT2D eigenvalue weighted by Gasteiger charge is -2.26. The Morgan fingerprint density at radius 1 is 1.29 bits per heavy atom. The number of hydrogen-bond acceptors (Lipinski definition) is 3. The normalized spacial score (nSPS) is 16.4. The van der Waals surface area contributed by atoms with E-state index >= 15 is 0 Å². The number of carbonyl (C=O) groups excluding carboxylic acids is 1. The summed E-state index contributed by atoms with van der Waals surface area (Å²) in [6, 6.07) is 3.67. The fourth-order valence-corrected chi connectivity index (χ4v) is 2.00. The third-order valence-corrected chi connectivity index (χ3v) is 2.93. The van der Waals surface area contributed by atoms with Gasteiger partial charge in [-0.3, -0.25) is 4.79 Å². The summed E-state index contributed by atoms with van der Waals surface area (Å²) >= 11 is 0. The quantitative estimate of drug-likeness (QED) is 0.729. The number of morpholine rings is 1. The second kappa shape index (κ2) is 4.18. The number of rotatable bonds is 1. The van der Waals surface area contributed by atoms with Crippen molar-refractivity contribution in [1.29, 1.82) is 0 Å². The van der Waals surface area contributed by atoms with Crippen molar-refractivity contribution in [2.24, 2.45) is 0 Å². The number of aromatic nitrogens is 2. The van der Waals surface area contributed by atoms with Crippen LogP contribution in [-0.4, -0.2) is 46.5 Å². The van der Waals surface area contributed by atoms with E-state index in [9.17, 15) is 4.79 Å². The number of nitrogens with zero attached hydrogens (tertiary/aromatic N) is 3. The summed E-state index contributed by atoms with van der Waals surface area (Å²) in [4.78, 5) is 18.2. The van der Waals surface area contributed by atoms with Gasteiger partial charge in [0.2, 0.25) is 0 Å². The Morgan fingerprint density at radius 2 is 2.12 bits per heavy atom. The number of hydrogen-bond donors (Lipinski definition) is 0. The smallest absolute Gasteiger partial charge is 0.255 e. The Bertz CT molecular complexity index is 543. The number of fused-ring (bicyclic) bond motifs is 1. The van der Waals surface area contributed by atoms with Crippen LogP contribution < -0.4 is 0 Å². The van der Waals surface area contributed by atoms with Gasteiger partial charge < -0.3 is 14.0 Å².